The van der Waals surface area contributed by atoms with Gasteiger partial charge >= 0.3 is 7.60 Å². The molecule has 5 atom stereocenters. The van der Waals surface area contributed by atoms with Crippen LogP contribution in [0, 0.1) is 5.92 Å². The van der Waals surface area contributed by atoms with Crippen LogP contribution in [-0.4, -0.2) is 109 Å². The first-order valence-corrected chi connectivity index (χ1v) is 13.1. The van der Waals surface area contributed by atoms with E-state index in [1.54, 1.807) is 0 Å². The fourth-order valence-electron chi connectivity index (χ4n) is 3.76. The smallest absolute Gasteiger partial charge is 0.359 e. The number of ether oxygens (including phenoxy) is 2. The average Bonchev–Trinajstić information content (AvgIpc) is 3.55. The van der Waals surface area contributed by atoms with E-state index in [9.17, 15) is 29.7 Å². The summed E-state index contributed by atoms with van der Waals surface area (Å²) in [7, 11) is -5.11. The zero-order chi connectivity index (χ0) is 27.0. The molecule has 4 rings (SSSR count). The number of aliphatic hydroxyl groups is 3. The fourth-order valence-corrected chi connectivity index (χ4v) is 4.70. The molecule has 4 heterocycles. The second-order valence-corrected chi connectivity index (χ2v) is 11.2. The Hall–Kier alpha value is -2.34. The van der Waals surface area contributed by atoms with E-state index in [-0.39, 0.29) is 16.8 Å². The van der Waals surface area contributed by atoms with Crippen molar-refractivity contribution in [3.63, 3.8) is 0 Å². The number of tetrazole rings is 1. The minimum atomic E-state index is -5.11. The molecule has 0 aromatic carbocycles. The van der Waals surface area contributed by atoms with Crippen molar-refractivity contribution < 1.29 is 39.1 Å². The summed E-state index contributed by atoms with van der Waals surface area (Å²) in [6.45, 7) is 2.91. The standard InChI is InChI=1S/C18H27ClN9O8P/c1-8(2)4-20-14-9-5-21-28(15(9)23-17(19)22-14)16-13(31)12(30)10(36-16)6-35-18(7-29,37(32,33)34)3-11-24-26-27-25-11/h5,8,10,12-13,16,29-31H,3-4,6-7H2,1-2H3,(H,20,22,23)(H2,32,33,34)(H,24,25,26,27)/t10-,12-,13-,16-,18-/m1/s1. The number of aromatic amines is 1. The van der Waals surface area contributed by atoms with Gasteiger partial charge < -0.3 is 39.9 Å². The molecule has 1 aliphatic rings. The second kappa shape index (κ2) is 10.8. The van der Waals surface area contributed by atoms with Crippen molar-refractivity contribution in [3.05, 3.63) is 17.3 Å². The number of hydrogen-bond acceptors (Lipinski definition) is 13. The number of halogens is 1. The van der Waals surface area contributed by atoms with Crippen LogP contribution in [0.1, 0.15) is 25.9 Å². The molecular weight excluding hydrogens is 537 g/mol. The van der Waals surface area contributed by atoms with E-state index < -0.39 is 57.1 Å². The lowest BCUT2D eigenvalue weighted by atomic mass is 10.1. The van der Waals surface area contributed by atoms with E-state index in [2.05, 4.69) is 41.0 Å². The normalized spacial score (nSPS) is 24.1. The molecule has 1 fully saturated rings. The van der Waals surface area contributed by atoms with Crippen molar-refractivity contribution in [3.8, 4) is 0 Å². The number of aliphatic hydroxyl groups excluding tert-OH is 3. The molecule has 19 heteroatoms. The maximum atomic E-state index is 12.2. The maximum Gasteiger partial charge on any atom is 0.359 e. The van der Waals surface area contributed by atoms with Crippen LogP contribution in [0.2, 0.25) is 5.28 Å². The summed E-state index contributed by atoms with van der Waals surface area (Å²) in [5, 5.41) is 49.3. The van der Waals surface area contributed by atoms with Crippen molar-refractivity contribution >= 4 is 36.0 Å². The van der Waals surface area contributed by atoms with E-state index in [0.717, 1.165) is 0 Å². The number of nitrogens with zero attached hydrogens (tertiary/aromatic N) is 7. The summed E-state index contributed by atoms with van der Waals surface area (Å²) < 4.78 is 24.7. The van der Waals surface area contributed by atoms with Gasteiger partial charge in [0.1, 0.15) is 24.1 Å². The predicted molar refractivity (Wildman–Crippen MR) is 125 cm³/mol. The van der Waals surface area contributed by atoms with Crippen molar-refractivity contribution in [2.24, 2.45) is 5.92 Å². The van der Waals surface area contributed by atoms with Crippen molar-refractivity contribution in [2.45, 2.75) is 50.2 Å². The van der Waals surface area contributed by atoms with Gasteiger partial charge in [0.05, 0.1) is 31.2 Å². The molecule has 1 saturated heterocycles. The number of rotatable bonds is 11. The second-order valence-electron chi connectivity index (χ2n) is 8.95. The Morgan fingerprint density at radius 1 is 1.32 bits per heavy atom. The Labute approximate surface area is 214 Å². The Bertz CT molecular complexity index is 1260. The predicted octanol–water partition coefficient (Wildman–Crippen LogP) is -1.19. The Morgan fingerprint density at radius 2 is 2.08 bits per heavy atom. The molecule has 0 spiro atoms. The van der Waals surface area contributed by atoms with Crippen LogP contribution >= 0.6 is 19.2 Å². The number of nitrogens with one attached hydrogen (secondary N) is 2. The number of aromatic nitrogens is 8. The highest BCUT2D eigenvalue weighted by molar-refractivity contribution is 7.53. The highest BCUT2D eigenvalue weighted by Crippen LogP contribution is 2.52. The van der Waals surface area contributed by atoms with Crippen LogP contribution in [0.3, 0.4) is 0 Å². The molecule has 0 bridgehead atoms. The minimum absolute atomic E-state index is 0.0794. The Kier molecular flexibility index (Phi) is 8.08. The van der Waals surface area contributed by atoms with Crippen molar-refractivity contribution in [2.75, 3.05) is 25.1 Å². The van der Waals surface area contributed by atoms with Gasteiger partial charge in [-0.05, 0) is 17.5 Å². The minimum Gasteiger partial charge on any atom is -0.393 e. The van der Waals surface area contributed by atoms with Gasteiger partial charge in [-0.3, -0.25) is 4.57 Å². The van der Waals surface area contributed by atoms with Gasteiger partial charge in [-0.2, -0.15) is 20.3 Å². The van der Waals surface area contributed by atoms with Gasteiger partial charge in [0, 0.05) is 6.54 Å². The van der Waals surface area contributed by atoms with E-state index in [1.807, 2.05) is 13.8 Å². The molecule has 17 nitrogen and oxygen atoms in total. The quantitative estimate of drug-likeness (QED) is 0.107. The largest absolute Gasteiger partial charge is 0.393 e. The summed E-state index contributed by atoms with van der Waals surface area (Å²) >= 11 is 6.09. The lowest BCUT2D eigenvalue weighted by molar-refractivity contribution is -0.109. The van der Waals surface area contributed by atoms with Crippen LogP contribution in [0.25, 0.3) is 11.0 Å². The number of H-pyrrole nitrogens is 1. The van der Waals surface area contributed by atoms with Crippen LogP contribution in [0.4, 0.5) is 5.82 Å². The summed E-state index contributed by atoms with van der Waals surface area (Å²) in [6, 6.07) is 0. The topological polar surface area (TPSA) is 247 Å². The summed E-state index contributed by atoms with van der Waals surface area (Å²) in [6.07, 6.45) is -4.72. The van der Waals surface area contributed by atoms with Crippen molar-refractivity contribution in [1.29, 1.82) is 0 Å². The molecule has 0 unspecified atom stereocenters. The number of hydrogen-bond donors (Lipinski definition) is 7. The highest BCUT2D eigenvalue weighted by atomic mass is 35.5. The van der Waals surface area contributed by atoms with Crippen LogP contribution in [0.5, 0.6) is 0 Å². The zero-order valence-electron chi connectivity index (χ0n) is 19.7. The third kappa shape index (κ3) is 5.59. The molecule has 204 valence electrons. The van der Waals surface area contributed by atoms with Gasteiger partial charge in [0.25, 0.3) is 0 Å². The van der Waals surface area contributed by atoms with Crippen LogP contribution < -0.4 is 5.32 Å². The molecule has 7 N–H and O–H groups in total. The molecule has 0 saturated carbocycles. The molecular formula is C18H27ClN9O8P. The lowest BCUT2D eigenvalue weighted by Gasteiger charge is -2.32. The molecule has 3 aromatic rings. The summed E-state index contributed by atoms with van der Waals surface area (Å²) in [5.74, 6) is 0.623. The first-order valence-electron chi connectivity index (χ1n) is 11.1. The third-order valence-electron chi connectivity index (χ3n) is 5.80. The van der Waals surface area contributed by atoms with Gasteiger partial charge in [-0.15, -0.1) is 10.2 Å². The van der Waals surface area contributed by atoms with E-state index in [1.165, 1.54) is 10.9 Å². The van der Waals surface area contributed by atoms with Crippen LogP contribution in [0.15, 0.2) is 6.20 Å². The van der Waals surface area contributed by atoms with E-state index in [4.69, 9.17) is 21.1 Å². The molecule has 0 amide bonds. The summed E-state index contributed by atoms with van der Waals surface area (Å²) in [4.78, 5) is 28.2. The first-order chi connectivity index (χ1) is 17.5. The monoisotopic (exact) mass is 563 g/mol. The van der Waals surface area contributed by atoms with Gasteiger partial charge in [-0.1, -0.05) is 19.1 Å². The van der Waals surface area contributed by atoms with E-state index in [0.29, 0.717) is 23.7 Å². The maximum absolute atomic E-state index is 12.2. The molecule has 0 aliphatic carbocycles. The first kappa shape index (κ1) is 27.7. The third-order valence-corrected chi connectivity index (χ3v) is 7.46. The SMILES string of the molecule is CC(C)CNc1nc(Cl)nc2c1cnn2[C@@H]1O[C@H](CO[C@](CO)(Cc2nn[nH]n2)P(=O)(O)O)[C@@H](O)[C@H]1O. The molecule has 3 aromatic heterocycles. The average molecular weight is 564 g/mol. The molecule has 37 heavy (non-hydrogen) atoms. The molecule has 0 radical (unpaired) electrons. The Balaban J connectivity index is 1.56. The van der Waals surface area contributed by atoms with E-state index >= 15 is 0 Å². The number of anilines is 1. The van der Waals surface area contributed by atoms with Gasteiger partial charge in [0.2, 0.25) is 5.28 Å². The number of fused-ring (bicyclic) bond motifs is 1. The summed E-state index contributed by atoms with van der Waals surface area (Å²) in [5.41, 5.74) is 0.223. The fraction of sp³-hybridized carbons (Fsp3) is 0.667. The van der Waals surface area contributed by atoms with Crippen LogP contribution in [-0.2, 0) is 20.5 Å². The lowest BCUT2D eigenvalue weighted by Crippen LogP contribution is -2.43. The highest BCUT2D eigenvalue weighted by Gasteiger charge is 2.52. The zero-order valence-corrected chi connectivity index (χ0v) is 21.4. The van der Waals surface area contributed by atoms with Gasteiger partial charge in [-0.25, -0.2) is 4.68 Å². The van der Waals surface area contributed by atoms with Crippen molar-refractivity contribution in [1.82, 2.24) is 40.4 Å². The Morgan fingerprint density at radius 3 is 2.70 bits per heavy atom. The molecule has 1 aliphatic heterocycles. The van der Waals surface area contributed by atoms with Gasteiger partial charge in [0.15, 0.2) is 23.0 Å².